The van der Waals surface area contributed by atoms with Crippen LogP contribution in [0.2, 0.25) is 0 Å². The topological polar surface area (TPSA) is 52.7 Å². The van der Waals surface area contributed by atoms with E-state index < -0.39 is 11.0 Å². The molecule has 7 heteroatoms. The van der Waals surface area contributed by atoms with Crippen molar-refractivity contribution in [1.29, 1.82) is 0 Å². The number of carbonyl (C=O) groups excluding carboxylic acids is 1. The fourth-order valence-electron chi connectivity index (χ4n) is 6.29. The number of amides is 1. The molecule has 0 bridgehead atoms. The first-order chi connectivity index (χ1) is 16.5. The van der Waals surface area contributed by atoms with E-state index in [4.69, 9.17) is 0 Å². The molecule has 2 aliphatic carbocycles. The van der Waals surface area contributed by atoms with Crippen LogP contribution in [-0.2, 0) is 16.4 Å². The molecule has 1 unspecified atom stereocenters. The van der Waals surface area contributed by atoms with Gasteiger partial charge in [-0.2, -0.15) is 0 Å². The van der Waals surface area contributed by atoms with Gasteiger partial charge in [0.25, 0.3) is 5.91 Å². The number of anilines is 2. The first kappa shape index (κ1) is 22.6. The number of hydrogen-bond acceptors (Lipinski definition) is 4. The lowest BCUT2D eigenvalue weighted by Gasteiger charge is -2.38. The summed E-state index contributed by atoms with van der Waals surface area (Å²) in [5, 5.41) is 0. The van der Waals surface area contributed by atoms with Crippen molar-refractivity contribution in [2.24, 2.45) is 5.41 Å². The Kier molecular flexibility index (Phi) is 5.78. The molecule has 1 N–H and O–H groups in total. The zero-order chi connectivity index (χ0) is 23.3. The number of fused-ring (bicyclic) bond motifs is 2. The van der Waals surface area contributed by atoms with Gasteiger partial charge in [0.15, 0.2) is 0 Å². The van der Waals surface area contributed by atoms with E-state index in [9.17, 15) is 9.00 Å². The Morgan fingerprint density at radius 2 is 1.74 bits per heavy atom. The highest BCUT2D eigenvalue weighted by Gasteiger charge is 2.53. The lowest BCUT2D eigenvalue weighted by atomic mass is 9.66. The largest absolute Gasteiger partial charge is 0.330 e. The van der Waals surface area contributed by atoms with E-state index in [1.54, 1.807) is 11.9 Å². The maximum Gasteiger partial charge on any atom is 0.258 e. The van der Waals surface area contributed by atoms with Crippen molar-refractivity contribution in [2.45, 2.75) is 61.7 Å². The average molecular weight is 496 g/mol. The average Bonchev–Trinajstić information content (AvgIpc) is 3.28. The maximum absolute atomic E-state index is 13.9. The fourth-order valence-corrected chi connectivity index (χ4v) is 7.96. The lowest BCUT2D eigenvalue weighted by Crippen LogP contribution is -2.40. The first-order valence-electron chi connectivity index (χ1n) is 12.6. The highest BCUT2D eigenvalue weighted by atomic mass is 32.2. The van der Waals surface area contributed by atoms with Crippen LogP contribution in [0.5, 0.6) is 0 Å². The van der Waals surface area contributed by atoms with Crippen LogP contribution in [0.25, 0.3) is 0 Å². The van der Waals surface area contributed by atoms with Gasteiger partial charge in [0.1, 0.15) is 11.0 Å². The molecule has 34 heavy (non-hydrogen) atoms. The van der Waals surface area contributed by atoms with Crippen molar-refractivity contribution in [2.75, 3.05) is 35.5 Å². The summed E-state index contributed by atoms with van der Waals surface area (Å²) in [6, 6.07) is 14.0. The molecule has 6 rings (SSSR count). The minimum atomic E-state index is -1.20. The molecule has 2 heterocycles. The van der Waals surface area contributed by atoms with Crippen molar-refractivity contribution >= 4 is 40.2 Å². The predicted molar refractivity (Wildman–Crippen MR) is 141 cm³/mol. The summed E-state index contributed by atoms with van der Waals surface area (Å²) in [5.41, 5.74) is 4.77. The standard InChI is InChI=1S/C27H33N3O2S2/c1-33-28-21-7-8-24-23(18-21)27(13-11-26(9-10-26)12-14-27)19-30(24)25(31)20-5-4-6-22(17-20)34(32)29-15-2-3-16-29/h4-8,17-18,28H,2-3,9-16,19H2,1H3. The van der Waals surface area contributed by atoms with E-state index >= 15 is 0 Å². The smallest absolute Gasteiger partial charge is 0.258 e. The number of carbonyl (C=O) groups is 1. The molecule has 1 saturated heterocycles. The van der Waals surface area contributed by atoms with Crippen molar-refractivity contribution in [3.63, 3.8) is 0 Å². The van der Waals surface area contributed by atoms with Crippen LogP contribution < -0.4 is 9.62 Å². The van der Waals surface area contributed by atoms with E-state index in [0.29, 0.717) is 11.0 Å². The normalized spacial score (nSPS) is 23.3. The summed E-state index contributed by atoms with van der Waals surface area (Å²) in [5.74, 6) is 0.0238. The highest BCUT2D eigenvalue weighted by molar-refractivity contribution is 7.99. The minimum Gasteiger partial charge on any atom is -0.330 e. The number of nitrogens with one attached hydrogen (secondary N) is 1. The zero-order valence-corrected chi connectivity index (χ0v) is 21.5. The molecule has 2 spiro atoms. The van der Waals surface area contributed by atoms with Crippen LogP contribution in [0.3, 0.4) is 0 Å². The minimum absolute atomic E-state index is 0.0238. The van der Waals surface area contributed by atoms with Crippen LogP contribution >= 0.6 is 11.9 Å². The Hall–Kier alpha value is -1.83. The molecular formula is C27H33N3O2S2. The van der Waals surface area contributed by atoms with E-state index in [2.05, 4.69) is 22.9 Å². The van der Waals surface area contributed by atoms with Gasteiger partial charge in [-0.1, -0.05) is 18.0 Å². The third-order valence-electron chi connectivity index (χ3n) is 8.59. The third-order valence-corrected chi connectivity index (χ3v) is 10.5. The quantitative estimate of drug-likeness (QED) is 0.537. The third kappa shape index (κ3) is 3.90. The van der Waals surface area contributed by atoms with Crippen molar-refractivity contribution in [1.82, 2.24) is 4.31 Å². The van der Waals surface area contributed by atoms with Crippen molar-refractivity contribution < 1.29 is 9.00 Å². The number of benzene rings is 2. The summed E-state index contributed by atoms with van der Waals surface area (Å²) in [4.78, 5) is 16.6. The van der Waals surface area contributed by atoms with Crippen LogP contribution in [-0.4, -0.2) is 40.3 Å². The monoisotopic (exact) mass is 495 g/mol. The van der Waals surface area contributed by atoms with Crippen LogP contribution in [0.15, 0.2) is 47.4 Å². The summed E-state index contributed by atoms with van der Waals surface area (Å²) in [6.07, 6.45) is 11.9. The molecule has 2 aliphatic heterocycles. The number of hydrogen-bond donors (Lipinski definition) is 1. The SMILES string of the molecule is CSNc1ccc2c(c1)C1(CCC3(CC3)CC1)CN2C(=O)c1cccc(S(=O)N2CCCC2)c1. The Balaban J connectivity index is 1.31. The van der Waals surface area contributed by atoms with E-state index in [-0.39, 0.29) is 11.3 Å². The van der Waals surface area contributed by atoms with Gasteiger partial charge in [0.05, 0.1) is 4.90 Å². The van der Waals surface area contributed by atoms with Gasteiger partial charge in [-0.25, -0.2) is 8.51 Å². The van der Waals surface area contributed by atoms with E-state index in [1.165, 1.54) is 31.2 Å². The molecule has 4 aliphatic rings. The highest BCUT2D eigenvalue weighted by Crippen LogP contribution is 2.62. The van der Waals surface area contributed by atoms with Crippen molar-refractivity contribution in [3.8, 4) is 0 Å². The maximum atomic E-state index is 13.9. The Morgan fingerprint density at radius 3 is 2.44 bits per heavy atom. The lowest BCUT2D eigenvalue weighted by molar-refractivity contribution is 0.0980. The Morgan fingerprint density at radius 1 is 1.00 bits per heavy atom. The molecule has 0 aromatic heterocycles. The molecule has 2 aromatic rings. The van der Waals surface area contributed by atoms with Crippen LogP contribution in [0, 0.1) is 5.41 Å². The van der Waals surface area contributed by atoms with E-state index in [1.807, 2.05) is 39.7 Å². The molecule has 2 aromatic carbocycles. The molecule has 5 nitrogen and oxygen atoms in total. The summed E-state index contributed by atoms with van der Waals surface area (Å²) in [6.45, 7) is 2.47. The Bertz CT molecular complexity index is 1130. The predicted octanol–water partition coefficient (Wildman–Crippen LogP) is 5.75. The van der Waals surface area contributed by atoms with E-state index in [0.717, 1.165) is 61.6 Å². The molecular weight excluding hydrogens is 462 g/mol. The molecule has 1 atom stereocenters. The summed E-state index contributed by atoms with van der Waals surface area (Å²) >= 11 is 1.60. The first-order valence-corrected chi connectivity index (χ1v) is 14.9. The molecule has 1 amide bonds. The van der Waals surface area contributed by atoms with Crippen LogP contribution in [0.4, 0.5) is 11.4 Å². The second-order valence-corrected chi connectivity index (χ2v) is 12.7. The molecule has 180 valence electrons. The van der Waals surface area contributed by atoms with Crippen molar-refractivity contribution in [3.05, 3.63) is 53.6 Å². The summed E-state index contributed by atoms with van der Waals surface area (Å²) in [7, 11) is -1.20. The van der Waals surface area contributed by atoms with Gasteiger partial charge < -0.3 is 9.62 Å². The summed E-state index contributed by atoms with van der Waals surface area (Å²) < 4.78 is 18.5. The molecule has 2 saturated carbocycles. The Labute approximate surface area is 209 Å². The zero-order valence-electron chi connectivity index (χ0n) is 19.8. The van der Waals surface area contributed by atoms with Gasteiger partial charge in [-0.05, 0) is 98.7 Å². The fraction of sp³-hybridized carbons (Fsp3) is 0.519. The van der Waals surface area contributed by atoms with Gasteiger partial charge in [0, 0.05) is 48.2 Å². The van der Waals surface area contributed by atoms with Gasteiger partial charge >= 0.3 is 0 Å². The second-order valence-electron chi connectivity index (χ2n) is 10.6. The van der Waals surface area contributed by atoms with Gasteiger partial charge in [-0.3, -0.25) is 4.79 Å². The molecule has 3 fully saturated rings. The van der Waals surface area contributed by atoms with Gasteiger partial charge in [0.2, 0.25) is 0 Å². The number of rotatable bonds is 5. The second kappa shape index (κ2) is 8.68. The molecule has 0 radical (unpaired) electrons. The van der Waals surface area contributed by atoms with Gasteiger partial charge in [-0.15, -0.1) is 0 Å². The number of nitrogens with zero attached hydrogens (tertiary/aromatic N) is 2. The van der Waals surface area contributed by atoms with Crippen LogP contribution in [0.1, 0.15) is 67.3 Å².